The second-order valence-corrected chi connectivity index (χ2v) is 3.56. The Kier molecular flexibility index (Phi) is 4.02. The number of nitrogens with zero attached hydrogens (tertiary/aromatic N) is 2. The molecule has 0 saturated carbocycles. The third-order valence-electron chi connectivity index (χ3n) is 2.16. The van der Waals surface area contributed by atoms with Gasteiger partial charge in [-0.1, -0.05) is 0 Å². The first-order chi connectivity index (χ1) is 6.25. The van der Waals surface area contributed by atoms with Crippen LogP contribution in [-0.4, -0.2) is 43.1 Å². The van der Waals surface area contributed by atoms with Crippen molar-refractivity contribution in [3.63, 3.8) is 0 Å². The highest BCUT2D eigenvalue weighted by Gasteiger charge is 2.18. The summed E-state index contributed by atoms with van der Waals surface area (Å²) in [7, 11) is 0. The number of hydrogen-bond acceptors (Lipinski definition) is 4. The van der Waals surface area contributed by atoms with E-state index in [0.29, 0.717) is 6.04 Å². The summed E-state index contributed by atoms with van der Waals surface area (Å²) in [6.07, 6.45) is 1.00. The fraction of sp³-hybridized carbons (Fsp3) is 0.889. The maximum absolute atomic E-state index is 5.41. The molecule has 1 heterocycles. The number of aliphatic imine (C=N–C) groups is 1. The monoisotopic (exact) mass is 184 g/mol. The van der Waals surface area contributed by atoms with Crippen molar-refractivity contribution in [1.82, 2.24) is 10.2 Å². The molecule has 4 heteroatoms. The lowest BCUT2D eigenvalue weighted by atomic mass is 10.3. The van der Waals surface area contributed by atoms with Crippen LogP contribution >= 0.6 is 0 Å². The molecular formula is C9H20N4. The summed E-state index contributed by atoms with van der Waals surface area (Å²) in [5.41, 5.74) is 5.41. The van der Waals surface area contributed by atoms with Gasteiger partial charge in [-0.15, -0.1) is 0 Å². The largest absolute Gasteiger partial charge is 0.356 e. The van der Waals surface area contributed by atoms with E-state index < -0.39 is 0 Å². The molecule has 0 atom stereocenters. The Morgan fingerprint density at radius 2 is 2.38 bits per heavy atom. The molecule has 0 aromatic heterocycles. The summed E-state index contributed by atoms with van der Waals surface area (Å²) in [6.45, 7) is 8.00. The smallest absolute Gasteiger partial charge is 0.194 e. The fourth-order valence-corrected chi connectivity index (χ4v) is 1.42. The topological polar surface area (TPSA) is 53.6 Å². The molecule has 1 aliphatic rings. The number of rotatable bonds is 4. The number of guanidine groups is 1. The maximum Gasteiger partial charge on any atom is 0.194 e. The highest BCUT2D eigenvalue weighted by atomic mass is 15.3. The standard InChI is InChI=1S/C9H20N4/c1-8(2)13-7-6-12-9(13)11-5-3-4-10/h8H,3-7,10H2,1-2H3,(H,11,12). The van der Waals surface area contributed by atoms with Gasteiger partial charge >= 0.3 is 0 Å². The third kappa shape index (κ3) is 2.88. The van der Waals surface area contributed by atoms with Crippen LogP contribution in [0, 0.1) is 0 Å². The van der Waals surface area contributed by atoms with Crippen LogP contribution in [0.3, 0.4) is 0 Å². The van der Waals surface area contributed by atoms with E-state index in [9.17, 15) is 0 Å². The van der Waals surface area contributed by atoms with Gasteiger partial charge in [-0.2, -0.15) is 0 Å². The van der Waals surface area contributed by atoms with Crippen LogP contribution in [0.2, 0.25) is 0 Å². The second kappa shape index (κ2) is 5.07. The molecule has 0 amide bonds. The van der Waals surface area contributed by atoms with E-state index in [4.69, 9.17) is 5.73 Å². The van der Waals surface area contributed by atoms with Crippen molar-refractivity contribution in [2.45, 2.75) is 26.3 Å². The Morgan fingerprint density at radius 3 is 3.00 bits per heavy atom. The summed E-state index contributed by atoms with van der Waals surface area (Å²) in [4.78, 5) is 6.69. The quantitative estimate of drug-likeness (QED) is 0.605. The van der Waals surface area contributed by atoms with Crippen molar-refractivity contribution in [1.29, 1.82) is 0 Å². The minimum absolute atomic E-state index is 0.534. The molecule has 0 aromatic carbocycles. The van der Waals surface area contributed by atoms with Gasteiger partial charge in [0.25, 0.3) is 0 Å². The Hall–Kier alpha value is -0.770. The van der Waals surface area contributed by atoms with Gasteiger partial charge in [-0.05, 0) is 26.8 Å². The molecule has 1 aliphatic heterocycles. The molecule has 0 spiro atoms. The summed E-state index contributed by atoms with van der Waals surface area (Å²) >= 11 is 0. The van der Waals surface area contributed by atoms with Crippen molar-refractivity contribution >= 4 is 5.96 Å². The third-order valence-corrected chi connectivity index (χ3v) is 2.16. The van der Waals surface area contributed by atoms with Crippen molar-refractivity contribution < 1.29 is 0 Å². The minimum atomic E-state index is 0.534. The zero-order valence-corrected chi connectivity index (χ0v) is 8.58. The Bertz CT molecular complexity index is 176. The van der Waals surface area contributed by atoms with Crippen LogP contribution in [-0.2, 0) is 0 Å². The van der Waals surface area contributed by atoms with Crippen molar-refractivity contribution in [2.75, 3.05) is 26.2 Å². The molecule has 0 bridgehead atoms. The summed E-state index contributed by atoms with van der Waals surface area (Å²) < 4.78 is 0. The van der Waals surface area contributed by atoms with Gasteiger partial charge in [0.05, 0.1) is 6.54 Å². The predicted octanol–water partition coefficient (Wildman–Crippen LogP) is 0.00480. The molecule has 4 nitrogen and oxygen atoms in total. The van der Waals surface area contributed by atoms with Gasteiger partial charge in [0, 0.05) is 19.1 Å². The molecule has 0 radical (unpaired) electrons. The first-order valence-electron chi connectivity index (χ1n) is 5.00. The van der Waals surface area contributed by atoms with E-state index in [-0.39, 0.29) is 0 Å². The van der Waals surface area contributed by atoms with Crippen LogP contribution in [0.25, 0.3) is 0 Å². The van der Waals surface area contributed by atoms with Crippen molar-refractivity contribution in [2.24, 2.45) is 10.7 Å². The summed E-state index contributed by atoms with van der Waals surface area (Å²) in [5, 5.41) is 3.31. The van der Waals surface area contributed by atoms with Crippen LogP contribution in [0.4, 0.5) is 0 Å². The summed E-state index contributed by atoms with van der Waals surface area (Å²) in [5.74, 6) is 1.04. The molecule has 0 saturated heterocycles. The number of hydrogen-bond donors (Lipinski definition) is 2. The molecule has 13 heavy (non-hydrogen) atoms. The van der Waals surface area contributed by atoms with Crippen LogP contribution in [0.15, 0.2) is 4.99 Å². The van der Waals surface area contributed by atoms with Crippen LogP contribution in [0.5, 0.6) is 0 Å². The van der Waals surface area contributed by atoms with Gasteiger partial charge in [0.1, 0.15) is 0 Å². The molecular weight excluding hydrogens is 164 g/mol. The molecule has 76 valence electrons. The second-order valence-electron chi connectivity index (χ2n) is 3.56. The lowest BCUT2D eigenvalue weighted by Gasteiger charge is -2.24. The van der Waals surface area contributed by atoms with E-state index in [1.165, 1.54) is 0 Å². The lowest BCUT2D eigenvalue weighted by molar-refractivity contribution is 0.369. The molecule has 0 fully saturated rings. The van der Waals surface area contributed by atoms with E-state index >= 15 is 0 Å². The van der Waals surface area contributed by atoms with Gasteiger partial charge in [0.2, 0.25) is 0 Å². The molecule has 0 unspecified atom stereocenters. The van der Waals surface area contributed by atoms with Crippen LogP contribution < -0.4 is 11.1 Å². The van der Waals surface area contributed by atoms with Crippen molar-refractivity contribution in [3.8, 4) is 0 Å². The molecule has 0 aliphatic carbocycles. The first kappa shape index (κ1) is 10.3. The Balaban J connectivity index is 2.31. The highest BCUT2D eigenvalue weighted by Crippen LogP contribution is 2.04. The number of nitrogens with two attached hydrogens (primary N) is 1. The maximum atomic E-state index is 5.41. The Labute approximate surface area is 80.2 Å². The normalized spacial score (nSPS) is 16.6. The number of nitrogens with one attached hydrogen (secondary N) is 1. The molecule has 1 rings (SSSR count). The SMILES string of the molecule is CC(C)N1CCN=C1NCCCN. The van der Waals surface area contributed by atoms with E-state index in [1.54, 1.807) is 0 Å². The lowest BCUT2D eigenvalue weighted by Crippen LogP contribution is -2.42. The van der Waals surface area contributed by atoms with E-state index in [2.05, 4.69) is 29.1 Å². The zero-order chi connectivity index (χ0) is 9.68. The van der Waals surface area contributed by atoms with Crippen LogP contribution in [0.1, 0.15) is 20.3 Å². The molecule has 0 aromatic rings. The van der Waals surface area contributed by atoms with Crippen molar-refractivity contribution in [3.05, 3.63) is 0 Å². The average Bonchev–Trinajstić information content (AvgIpc) is 2.53. The fourth-order valence-electron chi connectivity index (χ4n) is 1.42. The zero-order valence-electron chi connectivity index (χ0n) is 8.58. The Morgan fingerprint density at radius 1 is 1.62 bits per heavy atom. The van der Waals surface area contributed by atoms with E-state index in [0.717, 1.165) is 38.6 Å². The van der Waals surface area contributed by atoms with Gasteiger partial charge in [0.15, 0.2) is 5.96 Å². The van der Waals surface area contributed by atoms with Gasteiger partial charge in [-0.3, -0.25) is 4.99 Å². The molecule has 3 N–H and O–H groups in total. The minimum Gasteiger partial charge on any atom is -0.356 e. The predicted molar refractivity (Wildman–Crippen MR) is 55.8 cm³/mol. The average molecular weight is 184 g/mol. The highest BCUT2D eigenvalue weighted by molar-refractivity contribution is 5.81. The van der Waals surface area contributed by atoms with Gasteiger partial charge < -0.3 is 16.0 Å². The van der Waals surface area contributed by atoms with E-state index in [1.807, 2.05) is 0 Å². The first-order valence-corrected chi connectivity index (χ1v) is 5.00. The summed E-state index contributed by atoms with van der Waals surface area (Å²) in [6, 6.07) is 0.534. The van der Waals surface area contributed by atoms with Gasteiger partial charge in [-0.25, -0.2) is 0 Å².